The maximum Gasteiger partial charge on any atom is 0.253 e. The van der Waals surface area contributed by atoms with Crippen molar-refractivity contribution in [2.24, 2.45) is 0 Å². The monoisotopic (exact) mass is 274 g/mol. The first-order chi connectivity index (χ1) is 9.28. The first-order valence-corrected chi connectivity index (χ1v) is 7.59. The quantitative estimate of drug-likeness (QED) is 0.913. The second kappa shape index (κ2) is 5.31. The molecule has 3 nitrogen and oxygen atoms in total. The van der Waals surface area contributed by atoms with E-state index in [1.54, 1.807) is 11.3 Å². The highest BCUT2D eigenvalue weighted by Gasteiger charge is 2.22. The summed E-state index contributed by atoms with van der Waals surface area (Å²) in [6.07, 6.45) is 2.09. The number of nitrogens with zero attached hydrogens (tertiary/aromatic N) is 1. The van der Waals surface area contributed by atoms with Crippen molar-refractivity contribution in [3.8, 4) is 0 Å². The fraction of sp³-hybridized carbons (Fsp3) is 0.400. The standard InChI is InChI=1S/C15H18N2OS/c1-16-13-4-7-17(8-5-13)15(18)12-2-3-14-11(10-12)6-9-19-14/h2-3,6,9-10,13,16H,4-5,7-8H2,1H3. The molecule has 2 aromatic rings. The highest BCUT2D eigenvalue weighted by Crippen LogP contribution is 2.23. The molecule has 1 N–H and O–H groups in total. The van der Waals surface area contributed by atoms with Gasteiger partial charge in [-0.25, -0.2) is 0 Å². The van der Waals surface area contributed by atoms with Crippen LogP contribution >= 0.6 is 11.3 Å². The van der Waals surface area contributed by atoms with E-state index in [4.69, 9.17) is 0 Å². The Bertz CT molecular complexity index is 585. The maximum absolute atomic E-state index is 12.5. The fourth-order valence-electron chi connectivity index (χ4n) is 2.65. The Morgan fingerprint density at radius 2 is 2.11 bits per heavy atom. The van der Waals surface area contributed by atoms with Crippen molar-refractivity contribution in [1.82, 2.24) is 10.2 Å². The van der Waals surface area contributed by atoms with Crippen molar-refractivity contribution >= 4 is 27.3 Å². The molecule has 1 aliphatic heterocycles. The molecule has 0 aliphatic carbocycles. The van der Waals surface area contributed by atoms with Gasteiger partial charge < -0.3 is 10.2 Å². The molecule has 100 valence electrons. The average Bonchev–Trinajstić information content (AvgIpc) is 2.94. The molecule has 1 aliphatic rings. The number of amides is 1. The number of benzene rings is 1. The van der Waals surface area contributed by atoms with Crippen LogP contribution < -0.4 is 5.32 Å². The summed E-state index contributed by atoms with van der Waals surface area (Å²) in [6.45, 7) is 1.71. The average molecular weight is 274 g/mol. The number of carbonyl (C=O) groups excluding carboxylic acids is 1. The van der Waals surface area contributed by atoms with Gasteiger partial charge in [-0.3, -0.25) is 4.79 Å². The van der Waals surface area contributed by atoms with Crippen molar-refractivity contribution in [3.05, 3.63) is 35.2 Å². The predicted octanol–water partition coefficient (Wildman–Crippen LogP) is 2.73. The minimum absolute atomic E-state index is 0.169. The van der Waals surface area contributed by atoms with E-state index in [9.17, 15) is 4.79 Å². The van der Waals surface area contributed by atoms with E-state index in [0.29, 0.717) is 6.04 Å². The molecule has 1 saturated heterocycles. The number of likely N-dealkylation sites (tertiary alicyclic amines) is 1. The lowest BCUT2D eigenvalue weighted by Gasteiger charge is -2.31. The van der Waals surface area contributed by atoms with Gasteiger partial charge in [0.1, 0.15) is 0 Å². The molecule has 3 rings (SSSR count). The van der Waals surface area contributed by atoms with Gasteiger partial charge in [0, 0.05) is 29.4 Å². The Hall–Kier alpha value is -1.39. The summed E-state index contributed by atoms with van der Waals surface area (Å²) in [7, 11) is 1.99. The molecule has 19 heavy (non-hydrogen) atoms. The molecule has 0 radical (unpaired) electrons. The van der Waals surface area contributed by atoms with Gasteiger partial charge in [-0.1, -0.05) is 0 Å². The lowest BCUT2D eigenvalue weighted by molar-refractivity contribution is 0.0707. The van der Waals surface area contributed by atoms with Crippen LogP contribution in [0.15, 0.2) is 29.6 Å². The van der Waals surface area contributed by atoms with Gasteiger partial charge in [-0.2, -0.15) is 0 Å². The van der Waals surface area contributed by atoms with E-state index in [1.165, 1.54) is 10.1 Å². The maximum atomic E-state index is 12.5. The molecule has 4 heteroatoms. The van der Waals surface area contributed by atoms with Gasteiger partial charge >= 0.3 is 0 Å². The van der Waals surface area contributed by atoms with Crippen LogP contribution in [0.3, 0.4) is 0 Å². The van der Waals surface area contributed by atoms with E-state index in [-0.39, 0.29) is 5.91 Å². The van der Waals surface area contributed by atoms with Crippen LogP contribution in [-0.2, 0) is 0 Å². The van der Waals surface area contributed by atoms with Gasteiger partial charge in [0.25, 0.3) is 5.91 Å². The molecular weight excluding hydrogens is 256 g/mol. The fourth-order valence-corrected chi connectivity index (χ4v) is 3.42. The number of piperidine rings is 1. The van der Waals surface area contributed by atoms with E-state index in [0.717, 1.165) is 31.5 Å². The third kappa shape index (κ3) is 2.51. The van der Waals surface area contributed by atoms with Crippen molar-refractivity contribution < 1.29 is 4.79 Å². The smallest absolute Gasteiger partial charge is 0.253 e. The van der Waals surface area contributed by atoms with E-state index < -0.39 is 0 Å². The number of nitrogens with one attached hydrogen (secondary N) is 1. The zero-order chi connectivity index (χ0) is 13.2. The van der Waals surface area contributed by atoms with Crippen LogP contribution in [0.1, 0.15) is 23.2 Å². The Balaban J connectivity index is 1.76. The third-order valence-corrected chi connectivity index (χ3v) is 4.79. The summed E-state index contributed by atoms with van der Waals surface area (Å²) in [5, 5.41) is 6.52. The zero-order valence-electron chi connectivity index (χ0n) is 11.1. The van der Waals surface area contributed by atoms with Gasteiger partial charge in [0.05, 0.1) is 0 Å². The summed E-state index contributed by atoms with van der Waals surface area (Å²) in [5.41, 5.74) is 0.814. The minimum atomic E-state index is 0.169. The normalized spacial score (nSPS) is 17.0. The first-order valence-electron chi connectivity index (χ1n) is 6.72. The predicted molar refractivity (Wildman–Crippen MR) is 79.8 cm³/mol. The van der Waals surface area contributed by atoms with Crippen molar-refractivity contribution in [1.29, 1.82) is 0 Å². The van der Waals surface area contributed by atoms with Gasteiger partial charge in [0.15, 0.2) is 0 Å². The molecule has 1 aromatic heterocycles. The molecule has 0 saturated carbocycles. The SMILES string of the molecule is CNC1CCN(C(=O)c2ccc3sccc3c2)CC1. The Kier molecular flexibility index (Phi) is 3.53. The summed E-state index contributed by atoms with van der Waals surface area (Å²) >= 11 is 1.71. The number of rotatable bonds is 2. The third-order valence-electron chi connectivity index (χ3n) is 3.89. The second-order valence-electron chi connectivity index (χ2n) is 5.03. The van der Waals surface area contributed by atoms with Gasteiger partial charge in [-0.05, 0) is 54.9 Å². The number of hydrogen-bond acceptors (Lipinski definition) is 3. The van der Waals surface area contributed by atoms with Crippen molar-refractivity contribution in [3.63, 3.8) is 0 Å². The lowest BCUT2D eigenvalue weighted by Crippen LogP contribution is -2.43. The number of carbonyl (C=O) groups is 1. The zero-order valence-corrected chi connectivity index (χ0v) is 11.9. The largest absolute Gasteiger partial charge is 0.339 e. The van der Waals surface area contributed by atoms with Crippen molar-refractivity contribution in [2.45, 2.75) is 18.9 Å². The van der Waals surface area contributed by atoms with Crippen LogP contribution in [0.4, 0.5) is 0 Å². The van der Waals surface area contributed by atoms with E-state index >= 15 is 0 Å². The topological polar surface area (TPSA) is 32.3 Å². The van der Waals surface area contributed by atoms with Crippen LogP contribution in [0.5, 0.6) is 0 Å². The summed E-state index contributed by atoms with van der Waals surface area (Å²) in [5.74, 6) is 0.169. The van der Waals surface area contributed by atoms with Crippen molar-refractivity contribution in [2.75, 3.05) is 20.1 Å². The lowest BCUT2D eigenvalue weighted by atomic mass is 10.0. The van der Waals surface area contributed by atoms with Gasteiger partial charge in [-0.15, -0.1) is 11.3 Å². The molecule has 0 atom stereocenters. The van der Waals surface area contributed by atoms with Crippen LogP contribution in [0, 0.1) is 0 Å². The second-order valence-corrected chi connectivity index (χ2v) is 5.98. The van der Waals surface area contributed by atoms with Crippen LogP contribution in [-0.4, -0.2) is 37.0 Å². The van der Waals surface area contributed by atoms with Crippen LogP contribution in [0.2, 0.25) is 0 Å². The Labute approximate surface area is 117 Å². The highest BCUT2D eigenvalue weighted by atomic mass is 32.1. The van der Waals surface area contributed by atoms with Crippen LogP contribution in [0.25, 0.3) is 10.1 Å². The molecule has 2 heterocycles. The van der Waals surface area contributed by atoms with E-state index in [2.05, 4.69) is 16.8 Å². The summed E-state index contributed by atoms with van der Waals surface area (Å²) < 4.78 is 1.24. The highest BCUT2D eigenvalue weighted by molar-refractivity contribution is 7.17. The van der Waals surface area contributed by atoms with Gasteiger partial charge in [0.2, 0.25) is 0 Å². The first kappa shape index (κ1) is 12.6. The molecule has 1 fully saturated rings. The summed E-state index contributed by atoms with van der Waals surface area (Å²) in [6, 6.07) is 8.64. The number of hydrogen-bond donors (Lipinski definition) is 1. The number of fused-ring (bicyclic) bond motifs is 1. The molecule has 1 aromatic carbocycles. The summed E-state index contributed by atoms with van der Waals surface area (Å²) in [4.78, 5) is 14.4. The molecule has 0 bridgehead atoms. The van der Waals surface area contributed by atoms with E-state index in [1.807, 2.05) is 30.1 Å². The Morgan fingerprint density at radius 1 is 1.32 bits per heavy atom. The molecular formula is C15H18N2OS. The number of thiophene rings is 1. The molecule has 0 spiro atoms. The molecule has 1 amide bonds. The minimum Gasteiger partial charge on any atom is -0.339 e. The Morgan fingerprint density at radius 3 is 2.84 bits per heavy atom. The molecule has 0 unspecified atom stereocenters.